The summed E-state index contributed by atoms with van der Waals surface area (Å²) in [7, 11) is 0. The number of amides is 1. The highest BCUT2D eigenvalue weighted by atomic mass is 19.4. The molecule has 5 rings (SSSR count). The predicted octanol–water partition coefficient (Wildman–Crippen LogP) is 5.89. The van der Waals surface area contributed by atoms with Crippen LogP contribution in [0, 0.1) is 12.8 Å². The van der Waals surface area contributed by atoms with Crippen LogP contribution >= 0.6 is 0 Å². The minimum atomic E-state index is -4.56. The summed E-state index contributed by atoms with van der Waals surface area (Å²) in [4.78, 5) is 27.5. The number of carbonyl (C=O) groups is 1. The first-order chi connectivity index (χ1) is 17.6. The Hall–Kier alpha value is -3.56. The molecule has 3 atom stereocenters. The summed E-state index contributed by atoms with van der Waals surface area (Å²) >= 11 is 0. The number of halogens is 4. The molecule has 0 aromatic carbocycles. The largest absolute Gasteiger partial charge is 0.434 e. The Balaban J connectivity index is 1.42. The number of alkyl halides is 3. The van der Waals surface area contributed by atoms with Crippen LogP contribution in [0.15, 0.2) is 54.3 Å². The summed E-state index contributed by atoms with van der Waals surface area (Å²) in [5.74, 6) is -0.178. The molecule has 194 valence electrons. The smallest absolute Gasteiger partial charge is 0.364 e. The Morgan fingerprint density at radius 3 is 2.62 bits per heavy atom. The molecule has 2 fully saturated rings. The standard InChI is InChI=1S/C27H27F4N5O/c1-15-8-18(25(34-11-15)24-16(2)6-4-3-5-7-19(24)28)26(37)36-14-17-9-20(21(36)10-17)35-23-13-32-22(12-33-23)27(29,30)31/h3,5,7-8,11-13,17,20-21H,4,6,9-10,14H2,1-2H3,(H,33,35). The second-order valence-electron chi connectivity index (χ2n) is 9.94. The number of hydrogen-bond donors (Lipinski definition) is 1. The number of hydrogen-bond acceptors (Lipinski definition) is 5. The summed E-state index contributed by atoms with van der Waals surface area (Å²) in [6, 6.07) is 1.40. The number of rotatable bonds is 4. The van der Waals surface area contributed by atoms with Crippen molar-refractivity contribution in [2.45, 2.75) is 57.8 Å². The summed E-state index contributed by atoms with van der Waals surface area (Å²) in [6.07, 6.45) is 6.79. The molecule has 1 saturated carbocycles. The highest BCUT2D eigenvalue weighted by Crippen LogP contribution is 2.41. The van der Waals surface area contributed by atoms with Gasteiger partial charge < -0.3 is 10.2 Å². The molecule has 10 heteroatoms. The van der Waals surface area contributed by atoms with E-state index in [1.807, 2.05) is 19.9 Å². The van der Waals surface area contributed by atoms with Crippen molar-refractivity contribution in [1.29, 1.82) is 0 Å². The van der Waals surface area contributed by atoms with Crippen LogP contribution in [0.4, 0.5) is 23.4 Å². The fourth-order valence-corrected chi connectivity index (χ4v) is 5.52. The summed E-state index contributed by atoms with van der Waals surface area (Å²) < 4.78 is 53.7. The van der Waals surface area contributed by atoms with Gasteiger partial charge >= 0.3 is 6.18 Å². The van der Waals surface area contributed by atoms with Crippen LogP contribution in [-0.2, 0) is 6.18 Å². The summed E-state index contributed by atoms with van der Waals surface area (Å²) in [5, 5.41) is 3.17. The first kappa shape index (κ1) is 25.1. The molecule has 37 heavy (non-hydrogen) atoms. The van der Waals surface area contributed by atoms with E-state index in [1.165, 1.54) is 6.08 Å². The van der Waals surface area contributed by atoms with Crippen LogP contribution in [0.5, 0.6) is 0 Å². The Bertz CT molecular complexity index is 1300. The molecule has 2 aliphatic carbocycles. The van der Waals surface area contributed by atoms with Crippen molar-refractivity contribution in [3.8, 4) is 0 Å². The molecule has 2 aromatic rings. The third-order valence-electron chi connectivity index (χ3n) is 7.24. The summed E-state index contributed by atoms with van der Waals surface area (Å²) in [5.41, 5.74) is 1.59. The number of piperidine rings is 1. The van der Waals surface area contributed by atoms with E-state index in [1.54, 1.807) is 23.2 Å². The van der Waals surface area contributed by atoms with Crippen LogP contribution in [0.25, 0.3) is 5.57 Å². The van der Waals surface area contributed by atoms with Crippen LogP contribution in [0.3, 0.4) is 0 Å². The molecule has 1 saturated heterocycles. The number of anilines is 1. The van der Waals surface area contributed by atoms with Crippen molar-refractivity contribution < 1.29 is 22.4 Å². The molecule has 1 amide bonds. The molecule has 0 spiro atoms. The molecule has 3 heterocycles. The molecular formula is C27H27F4N5O. The van der Waals surface area contributed by atoms with Gasteiger partial charge in [-0.05, 0) is 63.2 Å². The van der Waals surface area contributed by atoms with Gasteiger partial charge in [-0.3, -0.25) is 9.78 Å². The quantitative estimate of drug-likeness (QED) is 0.516. The number of allylic oxidation sites excluding steroid dienone is 6. The van der Waals surface area contributed by atoms with E-state index >= 15 is 4.39 Å². The number of carbonyl (C=O) groups excluding carboxylic acids is 1. The maximum Gasteiger partial charge on any atom is 0.434 e. The molecular weight excluding hydrogens is 486 g/mol. The van der Waals surface area contributed by atoms with Crippen molar-refractivity contribution >= 4 is 17.3 Å². The zero-order chi connectivity index (χ0) is 26.3. The lowest BCUT2D eigenvalue weighted by Gasteiger charge is -2.34. The average molecular weight is 514 g/mol. The summed E-state index contributed by atoms with van der Waals surface area (Å²) in [6.45, 7) is 4.26. The van der Waals surface area contributed by atoms with Gasteiger partial charge in [-0.15, -0.1) is 0 Å². The van der Waals surface area contributed by atoms with Crippen LogP contribution in [0.1, 0.15) is 59.9 Å². The first-order valence-electron chi connectivity index (χ1n) is 12.3. The zero-order valence-corrected chi connectivity index (χ0v) is 20.5. The lowest BCUT2D eigenvalue weighted by molar-refractivity contribution is -0.141. The van der Waals surface area contributed by atoms with Crippen LogP contribution in [0.2, 0.25) is 0 Å². The lowest BCUT2D eigenvalue weighted by atomic mass is 9.94. The molecule has 1 N–H and O–H groups in total. The van der Waals surface area contributed by atoms with Gasteiger partial charge in [0.1, 0.15) is 11.6 Å². The van der Waals surface area contributed by atoms with E-state index in [-0.39, 0.29) is 29.7 Å². The molecule has 3 unspecified atom stereocenters. The van der Waals surface area contributed by atoms with E-state index in [4.69, 9.17) is 0 Å². The Kier molecular flexibility index (Phi) is 6.59. The topological polar surface area (TPSA) is 71.0 Å². The van der Waals surface area contributed by atoms with Crippen molar-refractivity contribution in [3.63, 3.8) is 0 Å². The maximum atomic E-state index is 15.2. The number of fused-ring (bicyclic) bond motifs is 2. The molecule has 2 aromatic heterocycles. The number of aromatic nitrogens is 3. The third-order valence-corrected chi connectivity index (χ3v) is 7.24. The number of pyridine rings is 1. The van der Waals surface area contributed by atoms with Gasteiger partial charge in [0.25, 0.3) is 5.91 Å². The first-order valence-corrected chi connectivity index (χ1v) is 12.3. The van der Waals surface area contributed by atoms with Gasteiger partial charge in [-0.2, -0.15) is 13.2 Å². The molecule has 6 nitrogen and oxygen atoms in total. The normalized spacial score (nSPS) is 23.7. The van der Waals surface area contributed by atoms with Crippen molar-refractivity contribution in [2.24, 2.45) is 5.92 Å². The van der Waals surface area contributed by atoms with E-state index in [0.717, 1.165) is 36.6 Å². The fourth-order valence-electron chi connectivity index (χ4n) is 5.52. The number of nitrogens with zero attached hydrogens (tertiary/aromatic N) is 4. The minimum absolute atomic E-state index is 0.175. The van der Waals surface area contributed by atoms with E-state index in [0.29, 0.717) is 36.0 Å². The van der Waals surface area contributed by atoms with Crippen molar-refractivity contribution in [1.82, 2.24) is 19.9 Å². The zero-order valence-electron chi connectivity index (χ0n) is 20.5. The lowest BCUT2D eigenvalue weighted by Crippen LogP contribution is -2.48. The van der Waals surface area contributed by atoms with Gasteiger partial charge in [0.15, 0.2) is 5.69 Å². The van der Waals surface area contributed by atoms with Gasteiger partial charge in [-0.1, -0.05) is 17.7 Å². The second kappa shape index (κ2) is 9.72. The monoisotopic (exact) mass is 513 g/mol. The fraction of sp³-hybridized carbons (Fsp3) is 0.407. The van der Waals surface area contributed by atoms with Gasteiger partial charge in [0, 0.05) is 24.4 Å². The number of nitrogens with one attached hydrogen (secondary N) is 1. The number of likely N-dealkylation sites (tertiary alicyclic amines) is 1. The van der Waals surface area contributed by atoms with Crippen LogP contribution < -0.4 is 5.32 Å². The molecule has 0 radical (unpaired) electrons. The van der Waals surface area contributed by atoms with Gasteiger partial charge in [0.2, 0.25) is 0 Å². The molecule has 2 bridgehead atoms. The van der Waals surface area contributed by atoms with Crippen molar-refractivity contribution in [2.75, 3.05) is 11.9 Å². The predicted molar refractivity (Wildman–Crippen MR) is 131 cm³/mol. The van der Waals surface area contributed by atoms with Crippen molar-refractivity contribution in [3.05, 3.63) is 76.8 Å². The highest BCUT2D eigenvalue weighted by Gasteiger charge is 2.47. The highest BCUT2D eigenvalue weighted by molar-refractivity contribution is 6.00. The molecule has 3 aliphatic rings. The van der Waals surface area contributed by atoms with Crippen LogP contribution in [-0.4, -0.2) is 44.4 Å². The van der Waals surface area contributed by atoms with E-state index < -0.39 is 17.7 Å². The van der Waals surface area contributed by atoms with E-state index in [9.17, 15) is 18.0 Å². The van der Waals surface area contributed by atoms with Gasteiger partial charge in [0.05, 0.1) is 29.7 Å². The average Bonchev–Trinajstić information content (AvgIpc) is 3.44. The maximum absolute atomic E-state index is 15.2. The molecule has 1 aliphatic heterocycles. The SMILES string of the molecule is CC1=C(c2ncc(C)cc2C(=O)N2CC3CC(Nc4cnc(C(F)(F)F)cn4)C2C3)C(F)=CC=CCC1. The minimum Gasteiger partial charge on any atom is -0.364 e. The number of aryl methyl sites for hydroxylation is 1. The van der Waals surface area contributed by atoms with Gasteiger partial charge in [-0.25, -0.2) is 14.4 Å². The second-order valence-corrected chi connectivity index (χ2v) is 9.94. The Labute approximate surface area is 212 Å². The Morgan fingerprint density at radius 2 is 1.92 bits per heavy atom. The van der Waals surface area contributed by atoms with E-state index in [2.05, 4.69) is 20.3 Å². The third kappa shape index (κ3) is 5.01. The Morgan fingerprint density at radius 1 is 1.11 bits per heavy atom.